The van der Waals surface area contributed by atoms with Crippen LogP contribution in [0, 0.1) is 0 Å². The molecule has 2 N–H and O–H groups in total. The molecular formula is C19H21ClN2O3S. The maximum absolute atomic E-state index is 12.6. The van der Waals surface area contributed by atoms with Crippen molar-refractivity contribution in [1.29, 1.82) is 0 Å². The normalized spacial score (nSPS) is 15.6. The Balaban J connectivity index is 1.76. The number of para-hydroxylation sites is 1. The molecule has 1 aliphatic rings. The standard InChI is InChI=1S/C19H21ClN2O3S/c20-17-11-4-5-12-18(17)21-19(23)14-7-6-10-16(13-14)26(24,25)22-15-8-2-1-3-9-15/h4-7,10-13,15,22H,1-3,8-9H2,(H,21,23). The fourth-order valence-electron chi connectivity index (χ4n) is 3.07. The van der Waals surface area contributed by atoms with Gasteiger partial charge in [0.25, 0.3) is 5.91 Å². The molecule has 0 spiro atoms. The van der Waals surface area contributed by atoms with Crippen LogP contribution < -0.4 is 10.0 Å². The van der Waals surface area contributed by atoms with Crippen molar-refractivity contribution >= 4 is 33.2 Å². The number of sulfonamides is 1. The second kappa shape index (κ2) is 8.20. The number of nitrogens with one attached hydrogen (secondary N) is 2. The fraction of sp³-hybridized carbons (Fsp3) is 0.316. The molecule has 0 aliphatic heterocycles. The van der Waals surface area contributed by atoms with Gasteiger partial charge in [0, 0.05) is 11.6 Å². The second-order valence-electron chi connectivity index (χ2n) is 6.42. The van der Waals surface area contributed by atoms with Crippen molar-refractivity contribution in [3.05, 3.63) is 59.1 Å². The molecule has 2 aromatic rings. The lowest BCUT2D eigenvalue weighted by atomic mass is 9.96. The Kier molecular flexibility index (Phi) is 5.96. The van der Waals surface area contributed by atoms with Crippen molar-refractivity contribution < 1.29 is 13.2 Å². The zero-order chi connectivity index (χ0) is 18.6. The average Bonchev–Trinajstić information content (AvgIpc) is 2.64. The zero-order valence-electron chi connectivity index (χ0n) is 14.2. The van der Waals surface area contributed by atoms with E-state index in [-0.39, 0.29) is 16.5 Å². The lowest BCUT2D eigenvalue weighted by Gasteiger charge is -2.22. The predicted octanol–water partition coefficient (Wildman–Crippen LogP) is 4.20. The van der Waals surface area contributed by atoms with E-state index in [1.54, 1.807) is 36.4 Å². The third kappa shape index (κ3) is 4.63. The second-order valence-corrected chi connectivity index (χ2v) is 8.54. The predicted molar refractivity (Wildman–Crippen MR) is 103 cm³/mol. The molecule has 0 saturated heterocycles. The molecule has 0 atom stereocenters. The molecule has 2 aromatic carbocycles. The van der Waals surface area contributed by atoms with Gasteiger partial charge < -0.3 is 5.32 Å². The number of hydrogen-bond acceptors (Lipinski definition) is 3. The van der Waals surface area contributed by atoms with Gasteiger partial charge in [-0.2, -0.15) is 0 Å². The van der Waals surface area contributed by atoms with Gasteiger partial charge in [-0.1, -0.05) is 49.1 Å². The van der Waals surface area contributed by atoms with Gasteiger partial charge >= 0.3 is 0 Å². The summed E-state index contributed by atoms with van der Waals surface area (Å²) in [4.78, 5) is 12.5. The Morgan fingerprint density at radius 1 is 1.00 bits per heavy atom. The van der Waals surface area contributed by atoms with E-state index >= 15 is 0 Å². The summed E-state index contributed by atoms with van der Waals surface area (Å²) < 4.78 is 28.0. The summed E-state index contributed by atoms with van der Waals surface area (Å²) in [6.07, 6.45) is 4.93. The minimum absolute atomic E-state index is 0.0330. The number of rotatable bonds is 5. The largest absolute Gasteiger partial charge is 0.321 e. The van der Waals surface area contributed by atoms with Crippen LogP contribution in [0.25, 0.3) is 0 Å². The molecular weight excluding hydrogens is 372 g/mol. The molecule has 1 amide bonds. The number of amides is 1. The highest BCUT2D eigenvalue weighted by molar-refractivity contribution is 7.89. The monoisotopic (exact) mass is 392 g/mol. The average molecular weight is 393 g/mol. The van der Waals surface area contributed by atoms with Crippen LogP contribution in [-0.2, 0) is 10.0 Å². The van der Waals surface area contributed by atoms with Crippen LogP contribution >= 0.6 is 11.6 Å². The Hall–Kier alpha value is -1.89. The molecule has 1 fully saturated rings. The molecule has 7 heteroatoms. The number of anilines is 1. The first-order chi connectivity index (χ1) is 12.5. The van der Waals surface area contributed by atoms with Gasteiger partial charge in [-0.15, -0.1) is 0 Å². The van der Waals surface area contributed by atoms with Gasteiger partial charge in [-0.3, -0.25) is 4.79 Å². The molecule has 0 unspecified atom stereocenters. The van der Waals surface area contributed by atoms with Crippen LogP contribution in [0.1, 0.15) is 42.5 Å². The van der Waals surface area contributed by atoms with E-state index in [1.807, 2.05) is 0 Å². The van der Waals surface area contributed by atoms with E-state index in [9.17, 15) is 13.2 Å². The van der Waals surface area contributed by atoms with Crippen molar-refractivity contribution in [3.63, 3.8) is 0 Å². The Labute approximate surface area is 158 Å². The van der Waals surface area contributed by atoms with Crippen LogP contribution in [0.5, 0.6) is 0 Å². The van der Waals surface area contributed by atoms with Crippen molar-refractivity contribution in [3.8, 4) is 0 Å². The summed E-state index contributed by atoms with van der Waals surface area (Å²) in [5.41, 5.74) is 0.740. The Bertz CT molecular complexity index is 893. The molecule has 0 radical (unpaired) electrons. The minimum Gasteiger partial charge on any atom is -0.321 e. The number of benzene rings is 2. The van der Waals surface area contributed by atoms with Gasteiger partial charge in [0.15, 0.2) is 0 Å². The summed E-state index contributed by atoms with van der Waals surface area (Å²) in [6, 6.07) is 12.9. The van der Waals surface area contributed by atoms with Gasteiger partial charge in [-0.25, -0.2) is 13.1 Å². The first kappa shape index (κ1) is 18.9. The smallest absolute Gasteiger partial charge is 0.255 e. The van der Waals surface area contributed by atoms with Crippen molar-refractivity contribution in [2.75, 3.05) is 5.32 Å². The molecule has 0 bridgehead atoms. The van der Waals surface area contributed by atoms with Gasteiger partial charge in [-0.05, 0) is 43.2 Å². The first-order valence-electron chi connectivity index (χ1n) is 8.64. The van der Waals surface area contributed by atoms with Crippen LogP contribution in [0.3, 0.4) is 0 Å². The number of hydrogen-bond donors (Lipinski definition) is 2. The van der Waals surface area contributed by atoms with Crippen molar-refractivity contribution in [2.24, 2.45) is 0 Å². The quantitative estimate of drug-likeness (QED) is 0.800. The highest BCUT2D eigenvalue weighted by Crippen LogP contribution is 2.23. The SMILES string of the molecule is O=C(Nc1ccccc1Cl)c1cccc(S(=O)(=O)NC2CCCCC2)c1. The number of carbonyl (C=O) groups excluding carboxylic acids is 1. The molecule has 5 nitrogen and oxygen atoms in total. The first-order valence-corrected chi connectivity index (χ1v) is 10.5. The van der Waals surface area contributed by atoms with Crippen LogP contribution in [0.2, 0.25) is 5.02 Å². The lowest BCUT2D eigenvalue weighted by molar-refractivity contribution is 0.102. The maximum Gasteiger partial charge on any atom is 0.255 e. The van der Waals surface area contributed by atoms with E-state index in [0.717, 1.165) is 32.1 Å². The lowest BCUT2D eigenvalue weighted by Crippen LogP contribution is -2.36. The fourth-order valence-corrected chi connectivity index (χ4v) is 4.60. The van der Waals surface area contributed by atoms with Crippen molar-refractivity contribution in [2.45, 2.75) is 43.0 Å². The molecule has 3 rings (SSSR count). The number of carbonyl (C=O) groups is 1. The third-order valence-corrected chi connectivity index (χ3v) is 6.30. The summed E-state index contributed by atoms with van der Waals surface area (Å²) in [7, 11) is -3.65. The maximum atomic E-state index is 12.6. The molecule has 0 heterocycles. The minimum atomic E-state index is -3.65. The molecule has 1 saturated carbocycles. The van der Waals surface area contributed by atoms with E-state index in [0.29, 0.717) is 10.7 Å². The van der Waals surface area contributed by atoms with E-state index in [2.05, 4.69) is 10.0 Å². The molecule has 26 heavy (non-hydrogen) atoms. The topological polar surface area (TPSA) is 75.3 Å². The van der Waals surface area contributed by atoms with Gasteiger partial charge in [0.05, 0.1) is 15.6 Å². The van der Waals surface area contributed by atoms with E-state index < -0.39 is 15.9 Å². The van der Waals surface area contributed by atoms with Crippen molar-refractivity contribution in [1.82, 2.24) is 4.72 Å². The van der Waals surface area contributed by atoms with Crippen LogP contribution in [-0.4, -0.2) is 20.4 Å². The molecule has 1 aliphatic carbocycles. The molecule has 0 aromatic heterocycles. The number of halogens is 1. The van der Waals surface area contributed by atoms with E-state index in [4.69, 9.17) is 11.6 Å². The van der Waals surface area contributed by atoms with Crippen LogP contribution in [0.4, 0.5) is 5.69 Å². The third-order valence-electron chi connectivity index (χ3n) is 4.46. The summed E-state index contributed by atoms with van der Waals surface area (Å²) in [6.45, 7) is 0. The van der Waals surface area contributed by atoms with Gasteiger partial charge in [0.1, 0.15) is 0 Å². The Morgan fingerprint density at radius 3 is 2.46 bits per heavy atom. The summed E-state index contributed by atoms with van der Waals surface area (Å²) in [5, 5.41) is 3.12. The zero-order valence-corrected chi connectivity index (χ0v) is 15.8. The highest BCUT2D eigenvalue weighted by Gasteiger charge is 2.22. The highest BCUT2D eigenvalue weighted by atomic mass is 35.5. The Morgan fingerprint density at radius 2 is 1.73 bits per heavy atom. The van der Waals surface area contributed by atoms with Gasteiger partial charge in [0.2, 0.25) is 10.0 Å². The summed E-state index contributed by atoms with van der Waals surface area (Å²) >= 11 is 6.05. The van der Waals surface area contributed by atoms with E-state index in [1.165, 1.54) is 12.1 Å². The summed E-state index contributed by atoms with van der Waals surface area (Å²) in [5.74, 6) is -0.409. The van der Waals surface area contributed by atoms with Crippen LogP contribution in [0.15, 0.2) is 53.4 Å². The molecule has 138 valence electrons.